The van der Waals surface area contributed by atoms with E-state index in [-0.39, 0.29) is 5.91 Å². The lowest BCUT2D eigenvalue weighted by Gasteiger charge is -2.23. The van der Waals surface area contributed by atoms with Crippen LogP contribution in [0.25, 0.3) is 0 Å². The van der Waals surface area contributed by atoms with E-state index in [0.717, 1.165) is 0 Å². The van der Waals surface area contributed by atoms with Crippen molar-refractivity contribution in [3.05, 3.63) is 23.8 Å². The van der Waals surface area contributed by atoms with Crippen molar-refractivity contribution in [2.24, 2.45) is 0 Å². The van der Waals surface area contributed by atoms with Crippen LogP contribution in [0.1, 0.15) is 24.2 Å². The van der Waals surface area contributed by atoms with Crippen LogP contribution in [0.15, 0.2) is 18.2 Å². The normalized spacial score (nSPS) is 11.6. The van der Waals surface area contributed by atoms with E-state index in [0.29, 0.717) is 23.5 Å². The van der Waals surface area contributed by atoms with Crippen LogP contribution in [0.2, 0.25) is 0 Å². The number of benzene rings is 1. The van der Waals surface area contributed by atoms with Crippen molar-refractivity contribution in [2.75, 3.05) is 31.8 Å². The van der Waals surface area contributed by atoms with Crippen molar-refractivity contribution in [3.63, 3.8) is 0 Å². The van der Waals surface area contributed by atoms with Gasteiger partial charge in [-0.25, -0.2) is 4.79 Å². The molecule has 0 aliphatic rings. The highest BCUT2D eigenvalue weighted by Gasteiger charge is 2.20. The summed E-state index contributed by atoms with van der Waals surface area (Å²) < 4.78 is 4.71. The number of nitrogens with zero attached hydrogens (tertiary/aromatic N) is 1. The molecule has 0 spiro atoms. The van der Waals surface area contributed by atoms with Gasteiger partial charge in [0.15, 0.2) is 0 Å². The fourth-order valence-corrected chi connectivity index (χ4v) is 1.78. The summed E-state index contributed by atoms with van der Waals surface area (Å²) in [5, 5.41) is 2.99. The van der Waals surface area contributed by atoms with Gasteiger partial charge in [0, 0.05) is 13.6 Å². The summed E-state index contributed by atoms with van der Waals surface area (Å²) in [6.45, 7) is 4.22. The lowest BCUT2D eigenvalue weighted by atomic mass is 10.1. The third-order valence-corrected chi connectivity index (χ3v) is 3.08. The van der Waals surface area contributed by atoms with Gasteiger partial charge in [-0.15, -0.1) is 0 Å². The number of rotatable bonds is 5. The Labute approximate surface area is 118 Å². The molecule has 6 heteroatoms. The number of amides is 1. The van der Waals surface area contributed by atoms with Gasteiger partial charge in [0.1, 0.15) is 6.04 Å². The van der Waals surface area contributed by atoms with E-state index in [4.69, 9.17) is 10.5 Å². The lowest BCUT2D eigenvalue weighted by molar-refractivity contribution is -0.130. The second-order valence-electron chi connectivity index (χ2n) is 4.48. The standard InChI is InChI=1S/C14H21N3O3/c1-5-17(3)13(18)9(2)16-12-10(14(19)20-4)7-6-8-11(12)15/h6-9,16H,5,15H2,1-4H3. The number of anilines is 2. The third kappa shape index (κ3) is 3.40. The lowest BCUT2D eigenvalue weighted by Crippen LogP contribution is -2.39. The second kappa shape index (κ2) is 6.79. The number of nitrogens with one attached hydrogen (secondary N) is 1. The quantitative estimate of drug-likeness (QED) is 0.627. The first-order valence-electron chi connectivity index (χ1n) is 6.40. The van der Waals surface area contributed by atoms with E-state index in [2.05, 4.69) is 5.32 Å². The minimum absolute atomic E-state index is 0.0773. The van der Waals surface area contributed by atoms with Gasteiger partial charge in [0.2, 0.25) is 5.91 Å². The molecule has 1 aromatic carbocycles. The minimum atomic E-state index is -0.497. The number of nitrogen functional groups attached to an aromatic ring is 1. The number of hydrogen-bond acceptors (Lipinski definition) is 5. The highest BCUT2D eigenvalue weighted by Crippen LogP contribution is 2.25. The van der Waals surface area contributed by atoms with Gasteiger partial charge in [0.25, 0.3) is 0 Å². The molecular weight excluding hydrogens is 258 g/mol. The van der Waals surface area contributed by atoms with Crippen LogP contribution in [0.3, 0.4) is 0 Å². The van der Waals surface area contributed by atoms with Gasteiger partial charge in [-0.2, -0.15) is 0 Å². The van der Waals surface area contributed by atoms with E-state index in [1.165, 1.54) is 7.11 Å². The number of ether oxygens (including phenoxy) is 1. The van der Waals surface area contributed by atoms with E-state index in [1.807, 2.05) is 6.92 Å². The van der Waals surface area contributed by atoms with Gasteiger partial charge in [-0.1, -0.05) is 6.07 Å². The van der Waals surface area contributed by atoms with Crippen LogP contribution in [-0.4, -0.2) is 43.5 Å². The third-order valence-electron chi connectivity index (χ3n) is 3.08. The van der Waals surface area contributed by atoms with Crippen molar-refractivity contribution in [3.8, 4) is 0 Å². The summed E-state index contributed by atoms with van der Waals surface area (Å²) >= 11 is 0. The van der Waals surface area contributed by atoms with Gasteiger partial charge in [-0.3, -0.25) is 4.79 Å². The van der Waals surface area contributed by atoms with E-state index < -0.39 is 12.0 Å². The summed E-state index contributed by atoms with van der Waals surface area (Å²) in [6.07, 6.45) is 0. The smallest absolute Gasteiger partial charge is 0.340 e. The van der Waals surface area contributed by atoms with Crippen molar-refractivity contribution < 1.29 is 14.3 Å². The second-order valence-corrected chi connectivity index (χ2v) is 4.48. The Morgan fingerprint density at radius 2 is 2.10 bits per heavy atom. The molecule has 1 amide bonds. The van der Waals surface area contributed by atoms with Crippen LogP contribution in [0, 0.1) is 0 Å². The maximum absolute atomic E-state index is 12.0. The monoisotopic (exact) mass is 279 g/mol. The number of likely N-dealkylation sites (N-methyl/N-ethyl adjacent to an activating group) is 1. The Bertz CT molecular complexity index is 502. The van der Waals surface area contributed by atoms with Crippen molar-refractivity contribution in [1.29, 1.82) is 0 Å². The largest absolute Gasteiger partial charge is 0.465 e. The maximum atomic E-state index is 12.0. The summed E-state index contributed by atoms with van der Waals surface area (Å²) in [6, 6.07) is 4.44. The average Bonchev–Trinajstić information content (AvgIpc) is 2.46. The molecule has 110 valence electrons. The molecule has 0 fully saturated rings. The summed E-state index contributed by atoms with van der Waals surface area (Å²) in [4.78, 5) is 25.4. The van der Waals surface area contributed by atoms with Crippen LogP contribution in [-0.2, 0) is 9.53 Å². The average molecular weight is 279 g/mol. The number of carbonyl (C=O) groups excluding carboxylic acids is 2. The summed E-state index contributed by atoms with van der Waals surface area (Å²) in [5.41, 5.74) is 7.00. The Hall–Kier alpha value is -2.24. The molecule has 20 heavy (non-hydrogen) atoms. The molecule has 0 heterocycles. The summed E-state index contributed by atoms with van der Waals surface area (Å²) in [5.74, 6) is -0.574. The predicted molar refractivity (Wildman–Crippen MR) is 78.6 cm³/mol. The fourth-order valence-electron chi connectivity index (χ4n) is 1.78. The highest BCUT2D eigenvalue weighted by atomic mass is 16.5. The fraction of sp³-hybridized carbons (Fsp3) is 0.429. The molecule has 0 bridgehead atoms. The number of methoxy groups -OCH3 is 1. The topological polar surface area (TPSA) is 84.7 Å². The molecule has 1 aromatic rings. The van der Waals surface area contributed by atoms with Crippen molar-refractivity contribution >= 4 is 23.3 Å². The minimum Gasteiger partial charge on any atom is -0.465 e. The van der Waals surface area contributed by atoms with Crippen LogP contribution in [0.4, 0.5) is 11.4 Å². The zero-order valence-electron chi connectivity index (χ0n) is 12.3. The Morgan fingerprint density at radius 3 is 2.65 bits per heavy atom. The van der Waals surface area contributed by atoms with Gasteiger partial charge in [0.05, 0.1) is 24.0 Å². The van der Waals surface area contributed by atoms with E-state index in [1.54, 1.807) is 37.1 Å². The molecule has 1 unspecified atom stereocenters. The highest BCUT2D eigenvalue weighted by molar-refractivity contribution is 5.99. The Morgan fingerprint density at radius 1 is 1.45 bits per heavy atom. The van der Waals surface area contributed by atoms with Gasteiger partial charge < -0.3 is 20.7 Å². The molecule has 3 N–H and O–H groups in total. The molecule has 1 rings (SSSR count). The van der Waals surface area contributed by atoms with Crippen molar-refractivity contribution in [2.45, 2.75) is 19.9 Å². The number of nitrogens with two attached hydrogens (primary N) is 1. The van der Waals surface area contributed by atoms with E-state index in [9.17, 15) is 9.59 Å². The molecule has 1 atom stereocenters. The van der Waals surface area contributed by atoms with Crippen molar-refractivity contribution in [1.82, 2.24) is 4.90 Å². The number of hydrogen-bond donors (Lipinski definition) is 2. The number of para-hydroxylation sites is 1. The first-order chi connectivity index (χ1) is 9.42. The van der Waals surface area contributed by atoms with Crippen LogP contribution >= 0.6 is 0 Å². The Balaban J connectivity index is 3.02. The van der Waals surface area contributed by atoms with E-state index >= 15 is 0 Å². The molecule has 0 aliphatic heterocycles. The zero-order valence-corrected chi connectivity index (χ0v) is 12.3. The number of esters is 1. The van der Waals surface area contributed by atoms with Crippen LogP contribution in [0.5, 0.6) is 0 Å². The molecule has 0 saturated carbocycles. The molecule has 0 aliphatic carbocycles. The first kappa shape index (κ1) is 15.8. The summed E-state index contributed by atoms with van der Waals surface area (Å²) in [7, 11) is 3.02. The van der Waals surface area contributed by atoms with Gasteiger partial charge in [-0.05, 0) is 26.0 Å². The molecule has 0 radical (unpaired) electrons. The molecule has 0 aromatic heterocycles. The molecule has 6 nitrogen and oxygen atoms in total. The van der Waals surface area contributed by atoms with Crippen LogP contribution < -0.4 is 11.1 Å². The van der Waals surface area contributed by atoms with Gasteiger partial charge >= 0.3 is 5.97 Å². The SMILES string of the molecule is CCN(C)C(=O)C(C)Nc1c(N)cccc1C(=O)OC. The first-order valence-corrected chi connectivity index (χ1v) is 6.40. The number of carbonyl (C=O) groups is 2. The molecule has 0 saturated heterocycles. The molecular formula is C14H21N3O3. The Kier molecular flexibility index (Phi) is 5.37. The maximum Gasteiger partial charge on any atom is 0.340 e. The predicted octanol–water partition coefficient (Wildman–Crippen LogP) is 1.33. The zero-order chi connectivity index (χ0) is 15.3.